The first-order valence-corrected chi connectivity index (χ1v) is 7.70. The number of carbonyl (C=O) groups excluding carboxylic acids is 3. The number of ketones is 1. The Balaban J connectivity index is 1.79. The fraction of sp³-hybridized carbons (Fsp3) is 0.211. The molecule has 2 aromatic rings. The molecular weight excluding hydrogens is 306 g/mol. The summed E-state index contributed by atoms with van der Waals surface area (Å²) in [5.41, 5.74) is 2.52. The molecule has 24 heavy (non-hydrogen) atoms. The van der Waals surface area contributed by atoms with Crippen molar-refractivity contribution in [1.82, 2.24) is 4.90 Å². The third kappa shape index (κ3) is 3.35. The number of amides is 1. The predicted molar refractivity (Wildman–Crippen MR) is 88.1 cm³/mol. The van der Waals surface area contributed by atoms with Gasteiger partial charge in [0.2, 0.25) is 0 Å². The molecule has 0 saturated carbocycles. The lowest BCUT2D eigenvalue weighted by Crippen LogP contribution is -2.38. The molecule has 0 radical (unpaired) electrons. The summed E-state index contributed by atoms with van der Waals surface area (Å²) in [5.74, 6) is -0.936. The molecule has 5 heteroatoms. The van der Waals surface area contributed by atoms with Gasteiger partial charge in [-0.15, -0.1) is 0 Å². The SMILES string of the molecule is CC(=O)OC1CC(=O)CN1C(=O)c1ccc(-c2ccccc2)cc1. The minimum atomic E-state index is -0.809. The highest BCUT2D eigenvalue weighted by molar-refractivity contribution is 5.99. The van der Waals surface area contributed by atoms with Gasteiger partial charge in [-0.25, -0.2) is 0 Å². The topological polar surface area (TPSA) is 63.7 Å². The number of rotatable bonds is 3. The number of ether oxygens (including phenoxy) is 1. The van der Waals surface area contributed by atoms with E-state index in [9.17, 15) is 14.4 Å². The van der Waals surface area contributed by atoms with Crippen LogP contribution in [-0.4, -0.2) is 35.3 Å². The van der Waals surface area contributed by atoms with E-state index < -0.39 is 12.2 Å². The summed E-state index contributed by atoms with van der Waals surface area (Å²) >= 11 is 0. The second-order valence-corrected chi connectivity index (χ2v) is 5.68. The molecule has 0 N–H and O–H groups in total. The normalized spacial score (nSPS) is 17.0. The third-order valence-electron chi connectivity index (χ3n) is 3.90. The summed E-state index contributed by atoms with van der Waals surface area (Å²) in [4.78, 5) is 36.7. The molecule has 5 nitrogen and oxygen atoms in total. The van der Waals surface area contributed by atoms with Crippen molar-refractivity contribution in [2.45, 2.75) is 19.6 Å². The van der Waals surface area contributed by atoms with Gasteiger partial charge in [-0.3, -0.25) is 19.3 Å². The zero-order valence-corrected chi connectivity index (χ0v) is 13.3. The van der Waals surface area contributed by atoms with Crippen LogP contribution in [-0.2, 0) is 14.3 Å². The first-order chi connectivity index (χ1) is 11.5. The molecule has 1 aliphatic heterocycles. The fourth-order valence-electron chi connectivity index (χ4n) is 2.76. The lowest BCUT2D eigenvalue weighted by Gasteiger charge is -2.23. The molecule has 0 spiro atoms. The van der Waals surface area contributed by atoms with Gasteiger partial charge in [0.15, 0.2) is 12.0 Å². The highest BCUT2D eigenvalue weighted by Gasteiger charge is 2.36. The van der Waals surface area contributed by atoms with E-state index in [0.717, 1.165) is 11.1 Å². The van der Waals surface area contributed by atoms with Gasteiger partial charge in [0.05, 0.1) is 13.0 Å². The second-order valence-electron chi connectivity index (χ2n) is 5.68. The Bertz CT molecular complexity index is 768. The van der Waals surface area contributed by atoms with Crippen molar-refractivity contribution in [3.8, 4) is 11.1 Å². The Kier molecular flexibility index (Phi) is 4.42. The molecule has 1 atom stereocenters. The monoisotopic (exact) mass is 323 g/mol. The number of esters is 1. The second kappa shape index (κ2) is 6.66. The van der Waals surface area contributed by atoms with E-state index in [1.165, 1.54) is 11.8 Å². The zero-order valence-electron chi connectivity index (χ0n) is 13.3. The maximum absolute atomic E-state index is 12.6. The Morgan fingerprint density at radius 3 is 2.25 bits per heavy atom. The van der Waals surface area contributed by atoms with Crippen LogP contribution in [0.15, 0.2) is 54.6 Å². The molecule has 0 aliphatic carbocycles. The highest BCUT2D eigenvalue weighted by Crippen LogP contribution is 2.22. The zero-order chi connectivity index (χ0) is 17.1. The van der Waals surface area contributed by atoms with E-state index in [0.29, 0.717) is 5.56 Å². The first-order valence-electron chi connectivity index (χ1n) is 7.70. The average molecular weight is 323 g/mol. The van der Waals surface area contributed by atoms with Crippen molar-refractivity contribution in [3.63, 3.8) is 0 Å². The van der Waals surface area contributed by atoms with Crippen molar-refractivity contribution in [2.75, 3.05) is 6.54 Å². The van der Waals surface area contributed by atoms with Gasteiger partial charge in [0, 0.05) is 12.5 Å². The van der Waals surface area contributed by atoms with Crippen molar-refractivity contribution in [2.24, 2.45) is 0 Å². The molecule has 1 amide bonds. The molecule has 122 valence electrons. The van der Waals surface area contributed by atoms with Gasteiger partial charge in [-0.05, 0) is 23.3 Å². The summed E-state index contributed by atoms with van der Waals surface area (Å²) in [6, 6.07) is 17.0. The molecule has 1 aliphatic rings. The molecule has 0 aromatic heterocycles. The molecule has 2 aromatic carbocycles. The average Bonchev–Trinajstić information content (AvgIpc) is 2.95. The van der Waals surface area contributed by atoms with E-state index in [-0.39, 0.29) is 24.7 Å². The maximum atomic E-state index is 12.6. The van der Waals surface area contributed by atoms with Crippen LogP contribution in [0.1, 0.15) is 23.7 Å². The van der Waals surface area contributed by atoms with Gasteiger partial charge in [-0.1, -0.05) is 42.5 Å². The quantitative estimate of drug-likeness (QED) is 0.815. The van der Waals surface area contributed by atoms with Gasteiger partial charge in [0.1, 0.15) is 0 Å². The van der Waals surface area contributed by atoms with Crippen LogP contribution in [0.4, 0.5) is 0 Å². The number of Topliss-reactive ketones (excluding diaryl/α,β-unsaturated/α-hetero) is 1. The van der Waals surface area contributed by atoms with E-state index in [2.05, 4.69) is 0 Å². The summed E-state index contributed by atoms with van der Waals surface area (Å²) in [6.45, 7) is 1.23. The smallest absolute Gasteiger partial charge is 0.304 e. The Morgan fingerprint density at radius 2 is 1.62 bits per heavy atom. The molecule has 1 unspecified atom stereocenters. The molecule has 1 saturated heterocycles. The van der Waals surface area contributed by atoms with Crippen molar-refractivity contribution >= 4 is 17.7 Å². The molecule has 3 rings (SSSR count). The standard InChI is InChI=1S/C19H17NO4/c1-13(21)24-18-11-17(22)12-20(18)19(23)16-9-7-15(8-10-16)14-5-3-2-4-6-14/h2-10,18H,11-12H2,1H3. The summed E-state index contributed by atoms with van der Waals surface area (Å²) in [7, 11) is 0. The number of nitrogens with zero attached hydrogens (tertiary/aromatic N) is 1. The summed E-state index contributed by atoms with van der Waals surface area (Å²) in [6.07, 6.45) is -0.760. The third-order valence-corrected chi connectivity index (χ3v) is 3.90. The van der Waals surface area contributed by atoms with Crippen molar-refractivity contribution < 1.29 is 19.1 Å². The minimum Gasteiger partial charge on any atom is -0.441 e. The van der Waals surface area contributed by atoms with Crippen LogP contribution in [0.5, 0.6) is 0 Å². The Labute approximate surface area is 139 Å². The van der Waals surface area contributed by atoms with Crippen molar-refractivity contribution in [1.29, 1.82) is 0 Å². The largest absolute Gasteiger partial charge is 0.441 e. The number of hydrogen-bond donors (Lipinski definition) is 0. The van der Waals surface area contributed by atoms with Crippen LogP contribution >= 0.6 is 0 Å². The summed E-state index contributed by atoms with van der Waals surface area (Å²) in [5, 5.41) is 0. The number of benzene rings is 2. The minimum absolute atomic E-state index is 0.0305. The fourth-order valence-corrected chi connectivity index (χ4v) is 2.76. The van der Waals surface area contributed by atoms with Gasteiger partial charge < -0.3 is 4.74 Å². The van der Waals surface area contributed by atoms with Crippen molar-refractivity contribution in [3.05, 3.63) is 60.2 Å². The van der Waals surface area contributed by atoms with E-state index in [1.807, 2.05) is 42.5 Å². The number of likely N-dealkylation sites (tertiary alicyclic amines) is 1. The van der Waals surface area contributed by atoms with Crippen LogP contribution < -0.4 is 0 Å². The number of carbonyl (C=O) groups is 3. The lowest BCUT2D eigenvalue weighted by molar-refractivity contribution is -0.151. The van der Waals surface area contributed by atoms with E-state index in [4.69, 9.17) is 4.74 Å². The molecular formula is C19H17NO4. The highest BCUT2D eigenvalue weighted by atomic mass is 16.6. The van der Waals surface area contributed by atoms with Gasteiger partial charge >= 0.3 is 5.97 Å². The van der Waals surface area contributed by atoms with Crippen LogP contribution in [0.25, 0.3) is 11.1 Å². The van der Waals surface area contributed by atoms with Crippen LogP contribution in [0, 0.1) is 0 Å². The van der Waals surface area contributed by atoms with E-state index in [1.54, 1.807) is 12.1 Å². The Hall–Kier alpha value is -2.95. The van der Waals surface area contributed by atoms with Crippen LogP contribution in [0.3, 0.4) is 0 Å². The molecule has 1 fully saturated rings. The van der Waals surface area contributed by atoms with E-state index >= 15 is 0 Å². The van der Waals surface area contributed by atoms with Gasteiger partial charge in [-0.2, -0.15) is 0 Å². The number of hydrogen-bond acceptors (Lipinski definition) is 4. The molecule has 0 bridgehead atoms. The lowest BCUT2D eigenvalue weighted by atomic mass is 10.0. The first kappa shape index (κ1) is 15.9. The van der Waals surface area contributed by atoms with Crippen LogP contribution in [0.2, 0.25) is 0 Å². The summed E-state index contributed by atoms with van der Waals surface area (Å²) < 4.78 is 5.08. The predicted octanol–water partition coefficient (Wildman–Crippen LogP) is 2.66. The maximum Gasteiger partial charge on any atom is 0.304 e. The van der Waals surface area contributed by atoms with Gasteiger partial charge in [0.25, 0.3) is 5.91 Å². The molecule has 1 heterocycles. The Morgan fingerprint density at radius 1 is 1.00 bits per heavy atom.